The van der Waals surface area contributed by atoms with Crippen molar-refractivity contribution in [2.75, 3.05) is 38.3 Å². The zero-order valence-electron chi connectivity index (χ0n) is 14.8. The SMILES string of the molecule is COC(=O)c1oc(COC(=O)c2ccccc2N2CCOCC2)cc1C. The minimum atomic E-state index is -0.558. The topological polar surface area (TPSA) is 78.2 Å². The first-order valence-corrected chi connectivity index (χ1v) is 8.36. The second kappa shape index (κ2) is 8.05. The summed E-state index contributed by atoms with van der Waals surface area (Å²) < 4.78 is 20.8. The number of methoxy groups -OCH3 is 1. The number of hydrogen-bond donors (Lipinski definition) is 0. The highest BCUT2D eigenvalue weighted by molar-refractivity contribution is 5.96. The van der Waals surface area contributed by atoms with Crippen LogP contribution in [0, 0.1) is 6.92 Å². The first-order chi connectivity index (χ1) is 12.6. The van der Waals surface area contributed by atoms with Crippen molar-refractivity contribution in [2.45, 2.75) is 13.5 Å². The zero-order chi connectivity index (χ0) is 18.5. The van der Waals surface area contributed by atoms with Crippen molar-refractivity contribution in [3.8, 4) is 0 Å². The number of carbonyl (C=O) groups excluding carboxylic acids is 2. The van der Waals surface area contributed by atoms with Gasteiger partial charge in [-0.3, -0.25) is 0 Å². The number of ether oxygens (including phenoxy) is 3. The Kier molecular flexibility index (Phi) is 5.58. The highest BCUT2D eigenvalue weighted by Gasteiger charge is 2.21. The summed E-state index contributed by atoms with van der Waals surface area (Å²) in [6.45, 7) is 4.38. The molecule has 1 saturated heterocycles. The molecular formula is C19H21NO6. The molecule has 1 aromatic carbocycles. The Morgan fingerprint density at radius 2 is 1.88 bits per heavy atom. The summed E-state index contributed by atoms with van der Waals surface area (Å²) in [5, 5.41) is 0. The summed E-state index contributed by atoms with van der Waals surface area (Å²) in [4.78, 5) is 26.2. The monoisotopic (exact) mass is 359 g/mol. The number of anilines is 1. The van der Waals surface area contributed by atoms with Crippen molar-refractivity contribution >= 4 is 17.6 Å². The summed E-state index contributed by atoms with van der Waals surface area (Å²) in [5.41, 5.74) is 1.95. The number of esters is 2. The quantitative estimate of drug-likeness (QED) is 0.759. The number of benzene rings is 1. The highest BCUT2D eigenvalue weighted by Crippen LogP contribution is 2.23. The number of hydrogen-bond acceptors (Lipinski definition) is 7. The largest absolute Gasteiger partial charge is 0.463 e. The van der Waals surface area contributed by atoms with Gasteiger partial charge in [-0.25, -0.2) is 9.59 Å². The van der Waals surface area contributed by atoms with E-state index in [9.17, 15) is 9.59 Å². The minimum Gasteiger partial charge on any atom is -0.463 e. The normalized spacial score (nSPS) is 14.2. The van der Waals surface area contributed by atoms with Crippen LogP contribution in [0.25, 0.3) is 0 Å². The van der Waals surface area contributed by atoms with Gasteiger partial charge in [0.15, 0.2) is 0 Å². The average Bonchev–Trinajstić information content (AvgIpc) is 3.07. The number of morpholine rings is 1. The first kappa shape index (κ1) is 18.0. The van der Waals surface area contributed by atoms with E-state index in [2.05, 4.69) is 9.64 Å². The van der Waals surface area contributed by atoms with Crippen molar-refractivity contribution in [1.29, 1.82) is 0 Å². The molecule has 3 rings (SSSR count). The third kappa shape index (κ3) is 3.88. The highest BCUT2D eigenvalue weighted by atomic mass is 16.6. The molecule has 7 nitrogen and oxygen atoms in total. The van der Waals surface area contributed by atoms with E-state index < -0.39 is 11.9 Å². The molecule has 26 heavy (non-hydrogen) atoms. The smallest absolute Gasteiger partial charge is 0.374 e. The van der Waals surface area contributed by atoms with Crippen molar-refractivity contribution in [3.63, 3.8) is 0 Å². The third-order valence-electron chi connectivity index (χ3n) is 4.16. The Balaban J connectivity index is 1.70. The molecule has 2 heterocycles. The molecular weight excluding hydrogens is 338 g/mol. The van der Waals surface area contributed by atoms with Crippen LogP contribution in [-0.4, -0.2) is 45.4 Å². The van der Waals surface area contributed by atoms with Crippen LogP contribution in [0.5, 0.6) is 0 Å². The number of nitrogens with zero attached hydrogens (tertiary/aromatic N) is 1. The van der Waals surface area contributed by atoms with E-state index in [1.165, 1.54) is 7.11 Å². The maximum atomic E-state index is 12.5. The van der Waals surface area contributed by atoms with Crippen LogP contribution in [0.1, 0.15) is 32.2 Å². The van der Waals surface area contributed by atoms with Gasteiger partial charge in [0.25, 0.3) is 0 Å². The molecule has 1 aromatic heterocycles. The van der Waals surface area contributed by atoms with E-state index in [1.54, 1.807) is 25.1 Å². The van der Waals surface area contributed by atoms with Gasteiger partial charge in [0, 0.05) is 18.7 Å². The van der Waals surface area contributed by atoms with E-state index in [4.69, 9.17) is 13.9 Å². The first-order valence-electron chi connectivity index (χ1n) is 8.36. The van der Waals surface area contributed by atoms with E-state index in [-0.39, 0.29) is 12.4 Å². The summed E-state index contributed by atoms with van der Waals surface area (Å²) in [6.07, 6.45) is 0. The second-order valence-corrected chi connectivity index (χ2v) is 5.91. The minimum absolute atomic E-state index is 0.0614. The van der Waals surface area contributed by atoms with Crippen LogP contribution in [0.15, 0.2) is 34.7 Å². The summed E-state index contributed by atoms with van der Waals surface area (Å²) in [6, 6.07) is 8.98. The zero-order valence-corrected chi connectivity index (χ0v) is 14.8. The number of para-hydroxylation sites is 1. The van der Waals surface area contributed by atoms with Gasteiger partial charge in [-0.1, -0.05) is 12.1 Å². The van der Waals surface area contributed by atoms with E-state index in [0.29, 0.717) is 30.1 Å². The van der Waals surface area contributed by atoms with Crippen LogP contribution in [0.3, 0.4) is 0 Å². The van der Waals surface area contributed by atoms with Crippen LogP contribution in [0.2, 0.25) is 0 Å². The number of aryl methyl sites for hydroxylation is 1. The molecule has 0 bridgehead atoms. The molecule has 7 heteroatoms. The molecule has 0 radical (unpaired) electrons. The van der Waals surface area contributed by atoms with Gasteiger partial charge in [-0.15, -0.1) is 0 Å². The molecule has 1 aliphatic rings. The van der Waals surface area contributed by atoms with Gasteiger partial charge < -0.3 is 23.5 Å². The Morgan fingerprint density at radius 1 is 1.15 bits per heavy atom. The lowest BCUT2D eigenvalue weighted by atomic mass is 10.1. The summed E-state index contributed by atoms with van der Waals surface area (Å²) in [7, 11) is 1.28. The van der Waals surface area contributed by atoms with Gasteiger partial charge in [0.2, 0.25) is 5.76 Å². The summed E-state index contributed by atoms with van der Waals surface area (Å²) in [5.74, 6) is -0.495. The number of furan rings is 1. The Hall–Kier alpha value is -2.80. The third-order valence-corrected chi connectivity index (χ3v) is 4.16. The predicted octanol–water partition coefficient (Wildman–Crippen LogP) is 2.57. The van der Waals surface area contributed by atoms with E-state index >= 15 is 0 Å². The Bertz CT molecular complexity index is 791. The maximum Gasteiger partial charge on any atom is 0.374 e. The van der Waals surface area contributed by atoms with Crippen molar-refractivity contribution in [3.05, 3.63) is 53.0 Å². The Morgan fingerprint density at radius 3 is 2.62 bits per heavy atom. The molecule has 0 atom stereocenters. The maximum absolute atomic E-state index is 12.5. The van der Waals surface area contributed by atoms with E-state index in [0.717, 1.165) is 18.8 Å². The molecule has 0 aliphatic carbocycles. The van der Waals surface area contributed by atoms with Crippen LogP contribution in [0.4, 0.5) is 5.69 Å². The molecule has 0 spiro atoms. The van der Waals surface area contributed by atoms with Crippen molar-refractivity contribution < 1.29 is 28.2 Å². The molecule has 0 saturated carbocycles. The van der Waals surface area contributed by atoms with Gasteiger partial charge in [0.1, 0.15) is 12.4 Å². The van der Waals surface area contributed by atoms with Gasteiger partial charge in [-0.05, 0) is 25.1 Å². The number of carbonyl (C=O) groups is 2. The standard InChI is InChI=1S/C19H21NO6/c1-13-11-14(26-17(13)19(22)23-2)12-25-18(21)15-5-3-4-6-16(15)20-7-9-24-10-8-20/h3-6,11H,7-10,12H2,1-2H3. The fourth-order valence-electron chi connectivity index (χ4n) is 2.86. The summed E-state index contributed by atoms with van der Waals surface area (Å²) >= 11 is 0. The van der Waals surface area contributed by atoms with Gasteiger partial charge in [-0.2, -0.15) is 0 Å². The lowest BCUT2D eigenvalue weighted by molar-refractivity contribution is 0.0438. The average molecular weight is 359 g/mol. The fourth-order valence-corrected chi connectivity index (χ4v) is 2.86. The van der Waals surface area contributed by atoms with Gasteiger partial charge in [0.05, 0.1) is 31.6 Å². The number of rotatable bonds is 5. The van der Waals surface area contributed by atoms with Crippen molar-refractivity contribution in [2.24, 2.45) is 0 Å². The van der Waals surface area contributed by atoms with Crippen molar-refractivity contribution in [1.82, 2.24) is 0 Å². The lowest BCUT2D eigenvalue weighted by Crippen LogP contribution is -2.37. The van der Waals surface area contributed by atoms with Gasteiger partial charge >= 0.3 is 11.9 Å². The predicted molar refractivity (Wildman–Crippen MR) is 93.4 cm³/mol. The lowest BCUT2D eigenvalue weighted by Gasteiger charge is -2.30. The molecule has 2 aromatic rings. The second-order valence-electron chi connectivity index (χ2n) is 5.91. The molecule has 0 amide bonds. The molecule has 138 valence electrons. The van der Waals surface area contributed by atoms with Crippen LogP contribution < -0.4 is 4.90 Å². The molecule has 0 unspecified atom stereocenters. The fraction of sp³-hybridized carbons (Fsp3) is 0.368. The van der Waals surface area contributed by atoms with E-state index in [1.807, 2.05) is 12.1 Å². The molecule has 1 fully saturated rings. The Labute approximate surface area is 151 Å². The van der Waals surface area contributed by atoms with Crippen LogP contribution in [-0.2, 0) is 20.8 Å². The molecule has 1 aliphatic heterocycles. The van der Waals surface area contributed by atoms with Crippen LogP contribution >= 0.6 is 0 Å². The molecule has 0 N–H and O–H groups in total.